The summed E-state index contributed by atoms with van der Waals surface area (Å²) in [6, 6.07) is 31.5. The zero-order valence-corrected chi connectivity index (χ0v) is 22.1. The first kappa shape index (κ1) is 24.7. The summed E-state index contributed by atoms with van der Waals surface area (Å²) in [6.45, 7) is 0. The van der Waals surface area contributed by atoms with Crippen molar-refractivity contribution in [2.24, 2.45) is 15.9 Å². The first-order valence-corrected chi connectivity index (χ1v) is 13.3. The molecule has 3 aliphatic rings. The van der Waals surface area contributed by atoms with Crippen LogP contribution in [-0.2, 0) is 0 Å². The molecule has 7 rings (SSSR count). The second-order valence-electron chi connectivity index (χ2n) is 10.3. The highest BCUT2D eigenvalue weighted by Gasteiger charge is 2.42. The van der Waals surface area contributed by atoms with E-state index in [4.69, 9.17) is 0 Å². The minimum absolute atomic E-state index is 0.0738. The highest BCUT2D eigenvalue weighted by Crippen LogP contribution is 2.51. The van der Waals surface area contributed by atoms with Crippen molar-refractivity contribution in [2.75, 3.05) is 0 Å². The van der Waals surface area contributed by atoms with Crippen LogP contribution in [0.5, 0.6) is 0 Å². The summed E-state index contributed by atoms with van der Waals surface area (Å²) in [5, 5.41) is 38.0. The number of aliphatic imine (C=N–C) groups is 2. The van der Waals surface area contributed by atoms with E-state index in [9.17, 15) is 21.0 Å². The van der Waals surface area contributed by atoms with Gasteiger partial charge in [0.25, 0.3) is 0 Å². The van der Waals surface area contributed by atoms with Crippen LogP contribution in [-0.4, -0.2) is 11.4 Å². The highest BCUT2D eigenvalue weighted by atomic mass is 14.8. The third-order valence-corrected chi connectivity index (χ3v) is 8.18. The van der Waals surface area contributed by atoms with Crippen molar-refractivity contribution in [3.05, 3.63) is 136 Å². The molecule has 0 amide bonds. The molecule has 4 aromatic carbocycles. The van der Waals surface area contributed by atoms with Crippen LogP contribution in [0, 0.1) is 51.5 Å². The molecule has 0 radical (unpaired) electrons. The van der Waals surface area contributed by atoms with E-state index >= 15 is 0 Å². The maximum atomic E-state index is 9.65. The lowest BCUT2D eigenvalue weighted by Crippen LogP contribution is -2.16. The van der Waals surface area contributed by atoms with Crippen LogP contribution < -0.4 is 0 Å². The molecule has 0 spiro atoms. The Hall–Kier alpha value is -6.34. The van der Waals surface area contributed by atoms with Gasteiger partial charge in [0.15, 0.2) is 0 Å². The molecule has 42 heavy (non-hydrogen) atoms. The van der Waals surface area contributed by atoms with Crippen LogP contribution in [0.15, 0.2) is 113 Å². The highest BCUT2D eigenvalue weighted by molar-refractivity contribution is 6.31. The van der Waals surface area contributed by atoms with Crippen LogP contribution in [0.25, 0.3) is 27.8 Å². The fourth-order valence-corrected chi connectivity index (χ4v) is 6.34. The summed E-state index contributed by atoms with van der Waals surface area (Å²) >= 11 is 0. The SMILES string of the molecule is N#CN=C1C2=CC3c4ccc(-c5cccc(C#N)c5)cc4C(=NC#N)C3C=C2c2ccc(-c3cccc(C#N)c3)cc21. The summed E-state index contributed by atoms with van der Waals surface area (Å²) in [5.74, 6) is -0.226. The second kappa shape index (κ2) is 9.69. The standard InChI is InChI=1S/C36H18N6/c37-17-21-3-1-5-23(11-21)25-7-9-27-29-15-34-30(16-33(29)35(41-19-39)31(27)13-25)28-10-8-26(14-32(28)36(34)42-20-40)24-6-2-4-22(12-24)18-38/h1-16,29,33H. The van der Waals surface area contributed by atoms with Gasteiger partial charge >= 0.3 is 0 Å². The van der Waals surface area contributed by atoms with Gasteiger partial charge in [-0.1, -0.05) is 60.7 Å². The van der Waals surface area contributed by atoms with E-state index in [1.54, 1.807) is 12.1 Å². The Labute approximate surface area is 242 Å². The van der Waals surface area contributed by atoms with Gasteiger partial charge in [-0.15, -0.1) is 0 Å². The largest absolute Gasteiger partial charge is 0.206 e. The van der Waals surface area contributed by atoms with E-state index in [-0.39, 0.29) is 11.8 Å². The van der Waals surface area contributed by atoms with Crippen molar-refractivity contribution in [3.63, 3.8) is 0 Å². The van der Waals surface area contributed by atoms with Crippen molar-refractivity contribution in [1.29, 1.82) is 21.0 Å². The number of nitrogens with zero attached hydrogens (tertiary/aromatic N) is 6. The quantitative estimate of drug-likeness (QED) is 0.256. The summed E-state index contributed by atoms with van der Waals surface area (Å²) in [4.78, 5) is 8.57. The molecule has 2 unspecified atom stereocenters. The number of nitriles is 4. The lowest BCUT2D eigenvalue weighted by molar-refractivity contribution is 0.768. The van der Waals surface area contributed by atoms with Gasteiger partial charge in [0, 0.05) is 28.5 Å². The molecular weight excluding hydrogens is 516 g/mol. The fourth-order valence-electron chi connectivity index (χ4n) is 6.34. The van der Waals surface area contributed by atoms with Gasteiger partial charge in [0.05, 0.1) is 34.7 Å². The Balaban J connectivity index is 1.35. The van der Waals surface area contributed by atoms with Crippen molar-refractivity contribution in [3.8, 4) is 46.8 Å². The minimum atomic E-state index is -0.152. The number of rotatable bonds is 2. The van der Waals surface area contributed by atoms with E-state index in [0.29, 0.717) is 22.6 Å². The summed E-state index contributed by atoms with van der Waals surface area (Å²) in [7, 11) is 0. The fraction of sp³-hybridized carbons (Fsp3) is 0.0556. The monoisotopic (exact) mass is 534 g/mol. The molecule has 6 heteroatoms. The van der Waals surface area contributed by atoms with Gasteiger partial charge in [-0.2, -0.15) is 31.0 Å². The van der Waals surface area contributed by atoms with Gasteiger partial charge in [0.2, 0.25) is 12.4 Å². The van der Waals surface area contributed by atoms with Crippen LogP contribution in [0.2, 0.25) is 0 Å². The smallest absolute Gasteiger partial charge is 0.192 e. The molecule has 0 saturated carbocycles. The molecule has 0 heterocycles. The lowest BCUT2D eigenvalue weighted by Gasteiger charge is -2.21. The number of hydrogen-bond donors (Lipinski definition) is 0. The van der Waals surface area contributed by atoms with E-state index < -0.39 is 0 Å². The first-order chi connectivity index (χ1) is 20.6. The normalized spacial score (nSPS) is 19.2. The minimum Gasteiger partial charge on any atom is -0.192 e. The topological polar surface area (TPSA) is 120 Å². The Morgan fingerprint density at radius 2 is 1.12 bits per heavy atom. The predicted octanol–water partition coefficient (Wildman–Crippen LogP) is 7.05. The van der Waals surface area contributed by atoms with Crippen molar-refractivity contribution >= 4 is 17.0 Å². The lowest BCUT2D eigenvalue weighted by atomic mass is 9.81. The van der Waals surface area contributed by atoms with Crippen LogP contribution in [0.1, 0.15) is 39.3 Å². The van der Waals surface area contributed by atoms with E-state index in [2.05, 4.69) is 40.3 Å². The molecule has 0 N–H and O–H groups in total. The number of fused-ring (bicyclic) bond motifs is 6. The Morgan fingerprint density at radius 1 is 0.524 bits per heavy atom. The molecule has 6 nitrogen and oxygen atoms in total. The number of benzene rings is 4. The Morgan fingerprint density at radius 3 is 1.76 bits per heavy atom. The maximum Gasteiger partial charge on any atom is 0.206 e. The third kappa shape index (κ3) is 3.76. The Bertz CT molecular complexity index is 2150. The molecule has 0 aliphatic heterocycles. The van der Waals surface area contributed by atoms with Crippen LogP contribution in [0.4, 0.5) is 0 Å². The van der Waals surface area contributed by atoms with E-state index in [1.807, 2.05) is 79.1 Å². The molecule has 0 saturated heterocycles. The van der Waals surface area contributed by atoms with Crippen LogP contribution in [0.3, 0.4) is 0 Å². The van der Waals surface area contributed by atoms with E-state index in [1.165, 1.54) is 0 Å². The zero-order chi connectivity index (χ0) is 28.8. The van der Waals surface area contributed by atoms with Crippen LogP contribution >= 0.6 is 0 Å². The molecule has 0 fully saturated rings. The van der Waals surface area contributed by atoms with Crippen molar-refractivity contribution in [2.45, 2.75) is 5.92 Å². The molecule has 0 bridgehead atoms. The average molecular weight is 535 g/mol. The zero-order valence-electron chi connectivity index (χ0n) is 22.1. The average Bonchev–Trinajstić information content (AvgIpc) is 3.51. The van der Waals surface area contributed by atoms with Gasteiger partial charge in [-0.3, -0.25) is 0 Å². The molecule has 2 atom stereocenters. The van der Waals surface area contributed by atoms with Gasteiger partial charge in [-0.05, 0) is 75.4 Å². The van der Waals surface area contributed by atoms with Crippen molar-refractivity contribution < 1.29 is 0 Å². The molecule has 3 aliphatic carbocycles. The molecular formula is C36H18N6. The number of hydrogen-bond acceptors (Lipinski definition) is 6. The van der Waals surface area contributed by atoms with E-state index in [0.717, 1.165) is 55.7 Å². The van der Waals surface area contributed by atoms with Gasteiger partial charge < -0.3 is 0 Å². The van der Waals surface area contributed by atoms with Gasteiger partial charge in [-0.25, -0.2) is 0 Å². The predicted molar refractivity (Wildman–Crippen MR) is 160 cm³/mol. The second-order valence-corrected chi connectivity index (χ2v) is 10.3. The number of allylic oxidation sites excluding steroid dienone is 4. The third-order valence-electron chi connectivity index (χ3n) is 8.18. The molecule has 192 valence electrons. The maximum absolute atomic E-state index is 9.65. The Kier molecular flexibility index (Phi) is 5.69. The molecule has 0 aromatic heterocycles. The summed E-state index contributed by atoms with van der Waals surface area (Å²) in [5.41, 5.74) is 11.9. The van der Waals surface area contributed by atoms with Gasteiger partial charge in [0.1, 0.15) is 0 Å². The first-order valence-electron chi connectivity index (χ1n) is 13.3. The summed E-state index contributed by atoms with van der Waals surface area (Å²) < 4.78 is 0. The van der Waals surface area contributed by atoms with Crippen molar-refractivity contribution in [1.82, 2.24) is 0 Å². The molecule has 4 aromatic rings. The summed E-state index contributed by atoms with van der Waals surface area (Å²) in [6.07, 6.45) is 8.31.